The van der Waals surface area contributed by atoms with Crippen molar-refractivity contribution >= 4 is 39.1 Å². The molecule has 1 N–H and O–H groups in total. The van der Waals surface area contributed by atoms with Crippen molar-refractivity contribution in [2.75, 3.05) is 24.2 Å². The maximum Gasteiger partial charge on any atom is 0.244 e. The van der Waals surface area contributed by atoms with Crippen molar-refractivity contribution < 1.29 is 22.4 Å². The molecule has 0 saturated heterocycles. The third-order valence-corrected chi connectivity index (χ3v) is 7.26. The third-order valence-electron chi connectivity index (χ3n) is 5.90. The second kappa shape index (κ2) is 12.2. The van der Waals surface area contributed by atoms with Gasteiger partial charge in [-0.05, 0) is 47.9 Å². The zero-order valence-corrected chi connectivity index (χ0v) is 22.4. The fourth-order valence-electron chi connectivity index (χ4n) is 3.95. The Balaban J connectivity index is 2.04. The minimum Gasteiger partial charge on any atom is -0.357 e. The van der Waals surface area contributed by atoms with Crippen LogP contribution in [0.15, 0.2) is 72.8 Å². The number of aryl methyl sites for hydroxylation is 1. The van der Waals surface area contributed by atoms with Crippen molar-refractivity contribution in [3.05, 3.63) is 100 Å². The van der Waals surface area contributed by atoms with E-state index >= 15 is 0 Å². The molecule has 0 unspecified atom stereocenters. The van der Waals surface area contributed by atoms with Crippen LogP contribution in [0.4, 0.5) is 10.1 Å². The minimum atomic E-state index is -3.90. The van der Waals surface area contributed by atoms with Crippen molar-refractivity contribution in [1.82, 2.24) is 10.2 Å². The standard InChI is InChI=1S/C27H29ClFN3O4S/c1-19-9-12-22(28)16-24(19)32(37(3,35)36)18-26(33)31(17-21-10-13-23(29)14-11-21)25(27(34)30-2)15-20-7-5-4-6-8-20/h4-14,16,25H,15,17-18H2,1-3H3,(H,30,34)/t25-/m1/s1. The molecule has 0 saturated carbocycles. The molecule has 7 nitrogen and oxygen atoms in total. The first-order chi connectivity index (χ1) is 17.5. The lowest BCUT2D eigenvalue weighted by atomic mass is 10.0. The van der Waals surface area contributed by atoms with Gasteiger partial charge in [0.05, 0.1) is 11.9 Å². The zero-order chi connectivity index (χ0) is 27.2. The summed E-state index contributed by atoms with van der Waals surface area (Å²) in [5.41, 5.74) is 2.28. The molecule has 0 aliphatic carbocycles. The highest BCUT2D eigenvalue weighted by molar-refractivity contribution is 7.92. The number of anilines is 1. The van der Waals surface area contributed by atoms with E-state index in [1.54, 1.807) is 19.1 Å². The lowest BCUT2D eigenvalue weighted by molar-refractivity contribution is -0.139. The Labute approximate surface area is 221 Å². The number of nitrogens with zero attached hydrogens (tertiary/aromatic N) is 2. The molecule has 0 aliphatic heterocycles. The summed E-state index contributed by atoms with van der Waals surface area (Å²) in [6, 6.07) is 18.6. The maximum atomic E-state index is 13.8. The van der Waals surface area contributed by atoms with Gasteiger partial charge < -0.3 is 10.2 Å². The SMILES string of the molecule is CNC(=O)[C@@H](Cc1ccccc1)N(Cc1ccc(F)cc1)C(=O)CN(c1cc(Cl)ccc1C)S(C)(=O)=O. The second-order valence-electron chi connectivity index (χ2n) is 8.67. The number of rotatable bonds is 10. The lowest BCUT2D eigenvalue weighted by Crippen LogP contribution is -2.53. The fourth-order valence-corrected chi connectivity index (χ4v) is 5.02. The monoisotopic (exact) mass is 545 g/mol. The van der Waals surface area contributed by atoms with E-state index in [-0.39, 0.29) is 18.7 Å². The minimum absolute atomic E-state index is 0.0316. The van der Waals surface area contributed by atoms with Crippen LogP contribution < -0.4 is 9.62 Å². The van der Waals surface area contributed by atoms with Gasteiger partial charge in [-0.3, -0.25) is 13.9 Å². The van der Waals surface area contributed by atoms with Crippen molar-refractivity contribution in [2.24, 2.45) is 0 Å². The number of amides is 2. The van der Waals surface area contributed by atoms with Gasteiger partial charge in [0.25, 0.3) is 0 Å². The van der Waals surface area contributed by atoms with Crippen LogP contribution in [0, 0.1) is 12.7 Å². The molecule has 3 rings (SSSR count). The molecule has 0 radical (unpaired) electrons. The Morgan fingerprint density at radius 2 is 1.65 bits per heavy atom. The number of carbonyl (C=O) groups is 2. The Hall–Kier alpha value is -3.43. The molecule has 3 aromatic carbocycles. The Morgan fingerprint density at radius 1 is 1.00 bits per heavy atom. The second-order valence-corrected chi connectivity index (χ2v) is 11.0. The molecule has 0 heterocycles. The molecule has 0 fully saturated rings. The molecule has 2 amide bonds. The summed E-state index contributed by atoms with van der Waals surface area (Å²) >= 11 is 6.13. The summed E-state index contributed by atoms with van der Waals surface area (Å²) < 4.78 is 40.1. The van der Waals surface area contributed by atoms with E-state index in [0.717, 1.165) is 16.1 Å². The first kappa shape index (κ1) is 28.1. The van der Waals surface area contributed by atoms with Gasteiger partial charge in [-0.1, -0.05) is 60.1 Å². The molecular weight excluding hydrogens is 517 g/mol. The predicted octanol–water partition coefficient (Wildman–Crippen LogP) is 3.94. The first-order valence-electron chi connectivity index (χ1n) is 11.5. The highest BCUT2D eigenvalue weighted by Gasteiger charge is 2.33. The van der Waals surface area contributed by atoms with E-state index in [0.29, 0.717) is 16.1 Å². The maximum absolute atomic E-state index is 13.8. The largest absolute Gasteiger partial charge is 0.357 e. The average molecular weight is 546 g/mol. The van der Waals surface area contributed by atoms with E-state index in [4.69, 9.17) is 11.6 Å². The third kappa shape index (κ3) is 7.53. The number of nitrogens with one attached hydrogen (secondary N) is 1. The molecule has 3 aromatic rings. The van der Waals surface area contributed by atoms with Gasteiger partial charge in [0.15, 0.2) is 0 Å². The summed E-state index contributed by atoms with van der Waals surface area (Å²) in [4.78, 5) is 28.2. The van der Waals surface area contributed by atoms with E-state index in [9.17, 15) is 22.4 Å². The van der Waals surface area contributed by atoms with Crippen LogP contribution in [0.3, 0.4) is 0 Å². The number of sulfonamides is 1. The van der Waals surface area contributed by atoms with Crippen LogP contribution in [0.25, 0.3) is 0 Å². The Kier molecular flexibility index (Phi) is 9.29. The average Bonchev–Trinajstić information content (AvgIpc) is 2.86. The van der Waals surface area contributed by atoms with Crippen LogP contribution >= 0.6 is 11.6 Å². The molecule has 0 aliphatic rings. The van der Waals surface area contributed by atoms with Crippen molar-refractivity contribution in [3.63, 3.8) is 0 Å². The molecule has 196 valence electrons. The topological polar surface area (TPSA) is 86.8 Å². The van der Waals surface area contributed by atoms with Crippen LogP contribution in [-0.4, -0.2) is 51.0 Å². The van der Waals surface area contributed by atoms with Gasteiger partial charge in [-0.2, -0.15) is 0 Å². The zero-order valence-electron chi connectivity index (χ0n) is 20.8. The van der Waals surface area contributed by atoms with Gasteiger partial charge in [-0.15, -0.1) is 0 Å². The highest BCUT2D eigenvalue weighted by atomic mass is 35.5. The summed E-state index contributed by atoms with van der Waals surface area (Å²) in [5.74, 6) is -1.45. The molecule has 1 atom stereocenters. The van der Waals surface area contributed by atoms with E-state index in [1.165, 1.54) is 42.3 Å². The van der Waals surface area contributed by atoms with Crippen molar-refractivity contribution in [3.8, 4) is 0 Å². The normalized spacial score (nSPS) is 12.0. The highest BCUT2D eigenvalue weighted by Crippen LogP contribution is 2.27. The van der Waals surface area contributed by atoms with Gasteiger partial charge in [0.2, 0.25) is 21.8 Å². The lowest BCUT2D eigenvalue weighted by Gasteiger charge is -2.33. The Bertz CT molecular complexity index is 1350. The van der Waals surface area contributed by atoms with E-state index in [2.05, 4.69) is 5.32 Å². The molecule has 10 heteroatoms. The predicted molar refractivity (Wildman–Crippen MR) is 143 cm³/mol. The number of hydrogen-bond acceptors (Lipinski definition) is 4. The number of likely N-dealkylation sites (N-methyl/N-ethyl adjacent to an activating group) is 1. The van der Waals surface area contributed by atoms with Gasteiger partial charge in [0.1, 0.15) is 18.4 Å². The van der Waals surface area contributed by atoms with Crippen LogP contribution in [0.2, 0.25) is 5.02 Å². The van der Waals surface area contributed by atoms with Gasteiger partial charge in [-0.25, -0.2) is 12.8 Å². The number of carbonyl (C=O) groups excluding carboxylic acids is 2. The number of benzene rings is 3. The smallest absolute Gasteiger partial charge is 0.244 e. The summed E-state index contributed by atoms with van der Waals surface area (Å²) in [7, 11) is -2.43. The molecular formula is C27H29ClFN3O4S. The fraction of sp³-hybridized carbons (Fsp3) is 0.259. The molecule has 0 aromatic heterocycles. The van der Waals surface area contributed by atoms with Gasteiger partial charge >= 0.3 is 0 Å². The molecule has 37 heavy (non-hydrogen) atoms. The van der Waals surface area contributed by atoms with Crippen LogP contribution in [0.5, 0.6) is 0 Å². The molecule has 0 spiro atoms. The van der Waals surface area contributed by atoms with E-state index in [1.807, 2.05) is 30.3 Å². The van der Waals surface area contributed by atoms with Crippen molar-refractivity contribution in [1.29, 1.82) is 0 Å². The van der Waals surface area contributed by atoms with Crippen LogP contribution in [-0.2, 0) is 32.6 Å². The quantitative estimate of drug-likeness (QED) is 0.418. The first-order valence-corrected chi connectivity index (χ1v) is 13.8. The van der Waals surface area contributed by atoms with Gasteiger partial charge in [0, 0.05) is 25.0 Å². The Morgan fingerprint density at radius 3 is 2.24 bits per heavy atom. The number of halogens is 2. The van der Waals surface area contributed by atoms with Crippen LogP contribution in [0.1, 0.15) is 16.7 Å². The summed E-state index contributed by atoms with van der Waals surface area (Å²) in [6.45, 7) is 1.13. The summed E-state index contributed by atoms with van der Waals surface area (Å²) in [6.07, 6.45) is 1.20. The number of hydrogen-bond donors (Lipinski definition) is 1. The summed E-state index contributed by atoms with van der Waals surface area (Å²) in [5, 5.41) is 2.92. The van der Waals surface area contributed by atoms with Crippen molar-refractivity contribution in [2.45, 2.75) is 25.9 Å². The van der Waals surface area contributed by atoms with E-state index < -0.39 is 40.2 Å². The molecule has 0 bridgehead atoms.